The number of carbonyl (C=O) groups excluding carboxylic acids is 2. The van der Waals surface area contributed by atoms with Crippen molar-refractivity contribution in [1.29, 1.82) is 0 Å². The Bertz CT molecular complexity index is 774. The summed E-state index contributed by atoms with van der Waals surface area (Å²) in [5.74, 6) is 1.42. The van der Waals surface area contributed by atoms with E-state index in [1.807, 2.05) is 0 Å². The normalized spacial score (nSPS) is 39.4. The Hall–Kier alpha value is -1.84. The van der Waals surface area contributed by atoms with Crippen molar-refractivity contribution in [2.45, 2.75) is 39.0 Å². The van der Waals surface area contributed by atoms with Gasteiger partial charge in [0.25, 0.3) is 0 Å². The van der Waals surface area contributed by atoms with Gasteiger partial charge in [0, 0.05) is 19.0 Å². The number of esters is 1. The van der Waals surface area contributed by atoms with Crippen molar-refractivity contribution in [3.8, 4) is 0 Å². The lowest BCUT2D eigenvalue weighted by Crippen LogP contribution is -2.34. The largest absolute Gasteiger partial charge is 0.469 e. The van der Waals surface area contributed by atoms with Crippen LogP contribution in [0.25, 0.3) is 0 Å². The van der Waals surface area contributed by atoms with Crippen LogP contribution in [0.1, 0.15) is 39.0 Å². The summed E-state index contributed by atoms with van der Waals surface area (Å²) in [5, 5.41) is 0. The lowest BCUT2D eigenvalue weighted by Gasteiger charge is -2.27. The van der Waals surface area contributed by atoms with Crippen LogP contribution in [0.4, 0.5) is 0 Å². The molecular formula is C22H27NO3. The van der Waals surface area contributed by atoms with Gasteiger partial charge in [0.05, 0.1) is 18.9 Å². The van der Waals surface area contributed by atoms with Gasteiger partial charge in [-0.05, 0) is 60.7 Å². The first-order valence-corrected chi connectivity index (χ1v) is 10.1. The molecule has 26 heavy (non-hydrogen) atoms. The Morgan fingerprint density at radius 3 is 2.85 bits per heavy atom. The molecule has 5 rings (SSSR count). The Labute approximate surface area is 155 Å². The van der Waals surface area contributed by atoms with Gasteiger partial charge in [0.15, 0.2) is 0 Å². The number of hydrogen-bond acceptors (Lipinski definition) is 3. The predicted octanol–water partition coefficient (Wildman–Crippen LogP) is 3.26. The van der Waals surface area contributed by atoms with E-state index in [-0.39, 0.29) is 17.8 Å². The van der Waals surface area contributed by atoms with Crippen molar-refractivity contribution in [3.63, 3.8) is 0 Å². The summed E-state index contributed by atoms with van der Waals surface area (Å²) >= 11 is 0. The van der Waals surface area contributed by atoms with Crippen molar-refractivity contribution >= 4 is 11.9 Å². The van der Waals surface area contributed by atoms with E-state index in [1.165, 1.54) is 23.8 Å². The second-order valence-electron chi connectivity index (χ2n) is 8.77. The number of methoxy groups -OCH3 is 1. The number of amides is 1. The molecule has 0 radical (unpaired) electrons. The highest BCUT2D eigenvalue weighted by Crippen LogP contribution is 2.55. The summed E-state index contributed by atoms with van der Waals surface area (Å²) in [6, 6.07) is 0. The third-order valence-corrected chi connectivity index (χ3v) is 7.47. The average Bonchev–Trinajstić information content (AvgIpc) is 3.25. The van der Waals surface area contributed by atoms with Crippen molar-refractivity contribution in [3.05, 3.63) is 34.4 Å². The molecule has 4 nitrogen and oxygen atoms in total. The molecule has 5 atom stereocenters. The topological polar surface area (TPSA) is 46.6 Å². The molecule has 0 aromatic rings. The third kappa shape index (κ3) is 2.20. The Morgan fingerprint density at radius 1 is 1.23 bits per heavy atom. The van der Waals surface area contributed by atoms with Crippen LogP contribution >= 0.6 is 0 Å². The Kier molecular flexibility index (Phi) is 3.67. The summed E-state index contributed by atoms with van der Waals surface area (Å²) in [5.41, 5.74) is 5.89. The van der Waals surface area contributed by atoms with Gasteiger partial charge in [-0.1, -0.05) is 24.6 Å². The minimum absolute atomic E-state index is 0.00910. The van der Waals surface area contributed by atoms with Crippen LogP contribution in [0.15, 0.2) is 34.4 Å². The second-order valence-corrected chi connectivity index (χ2v) is 8.77. The molecule has 0 spiro atoms. The van der Waals surface area contributed by atoms with Gasteiger partial charge < -0.3 is 9.64 Å². The molecule has 3 aliphatic carbocycles. The van der Waals surface area contributed by atoms with Gasteiger partial charge in [-0.2, -0.15) is 0 Å². The summed E-state index contributed by atoms with van der Waals surface area (Å²) in [6.45, 7) is 3.91. The van der Waals surface area contributed by atoms with Crippen LogP contribution in [-0.4, -0.2) is 37.0 Å². The van der Waals surface area contributed by atoms with Crippen LogP contribution in [0.2, 0.25) is 0 Å². The van der Waals surface area contributed by atoms with Crippen LogP contribution in [0.3, 0.4) is 0 Å². The number of carbonyl (C=O) groups is 2. The van der Waals surface area contributed by atoms with Crippen molar-refractivity contribution in [2.75, 3.05) is 20.2 Å². The van der Waals surface area contributed by atoms with Gasteiger partial charge in [-0.15, -0.1) is 0 Å². The molecule has 1 saturated carbocycles. The van der Waals surface area contributed by atoms with Gasteiger partial charge >= 0.3 is 5.97 Å². The van der Waals surface area contributed by atoms with E-state index in [0.717, 1.165) is 45.2 Å². The van der Waals surface area contributed by atoms with E-state index < -0.39 is 0 Å². The molecule has 5 aliphatic rings. The molecular weight excluding hydrogens is 326 g/mol. The zero-order valence-corrected chi connectivity index (χ0v) is 15.7. The Balaban J connectivity index is 1.61. The molecule has 2 aliphatic heterocycles. The SMILES string of the molecule is COC(=O)[C@@H]1CC2=C3/C=C\[C@@H]4C(=O)N(C[C@H]3CCC3=C2[C@@H]1CC3)C[C@H]4C. The summed E-state index contributed by atoms with van der Waals surface area (Å²) in [4.78, 5) is 27.1. The molecule has 2 bridgehead atoms. The molecule has 1 amide bonds. The zero-order valence-electron chi connectivity index (χ0n) is 15.7. The van der Waals surface area contributed by atoms with Crippen LogP contribution in [-0.2, 0) is 14.3 Å². The summed E-state index contributed by atoms with van der Waals surface area (Å²) in [7, 11) is 1.51. The van der Waals surface area contributed by atoms with E-state index in [0.29, 0.717) is 23.7 Å². The number of fused-ring (bicyclic) bond motifs is 3. The molecule has 2 fully saturated rings. The maximum atomic E-state index is 12.7. The second kappa shape index (κ2) is 5.83. The highest BCUT2D eigenvalue weighted by atomic mass is 16.5. The van der Waals surface area contributed by atoms with Crippen molar-refractivity contribution < 1.29 is 14.3 Å². The molecule has 138 valence electrons. The highest BCUT2D eigenvalue weighted by molar-refractivity contribution is 5.83. The van der Waals surface area contributed by atoms with E-state index in [4.69, 9.17) is 4.74 Å². The maximum Gasteiger partial charge on any atom is 0.309 e. The fraction of sp³-hybridized carbons (Fsp3) is 0.636. The van der Waals surface area contributed by atoms with Gasteiger partial charge in [0.2, 0.25) is 5.91 Å². The fourth-order valence-corrected chi connectivity index (χ4v) is 6.21. The Morgan fingerprint density at radius 2 is 2.04 bits per heavy atom. The van der Waals surface area contributed by atoms with E-state index in [9.17, 15) is 9.59 Å². The minimum atomic E-state index is -0.0519. The standard InChI is InChI=1S/C22H27NO3/c1-12-10-23-11-14-4-3-13-5-6-17-19(22(25)26-2)9-18(20(13)17)16(14)8-7-15(12)21(23)24/h7-8,12,14-15,17,19H,3-6,9-11H2,1-2H3/b8-7-/t12-,14-,15+,17-,19-/m1/s1. The maximum absolute atomic E-state index is 12.7. The number of ether oxygens (including phenoxy) is 1. The average molecular weight is 353 g/mol. The fourth-order valence-electron chi connectivity index (χ4n) is 6.21. The quantitative estimate of drug-likeness (QED) is 0.680. The van der Waals surface area contributed by atoms with E-state index in [2.05, 4.69) is 24.0 Å². The first-order chi connectivity index (χ1) is 12.6. The summed E-state index contributed by atoms with van der Waals surface area (Å²) < 4.78 is 5.12. The molecule has 1 saturated heterocycles. The lowest BCUT2D eigenvalue weighted by molar-refractivity contribution is -0.146. The molecule has 0 aromatic carbocycles. The van der Waals surface area contributed by atoms with Crippen molar-refractivity contribution in [2.24, 2.45) is 29.6 Å². The number of rotatable bonds is 1. The van der Waals surface area contributed by atoms with Crippen LogP contribution in [0.5, 0.6) is 0 Å². The molecule has 4 heteroatoms. The van der Waals surface area contributed by atoms with Gasteiger partial charge in [0.1, 0.15) is 0 Å². The lowest BCUT2D eigenvalue weighted by atomic mass is 9.87. The number of nitrogens with zero attached hydrogens (tertiary/aromatic N) is 1. The van der Waals surface area contributed by atoms with E-state index >= 15 is 0 Å². The molecule has 0 unspecified atom stereocenters. The third-order valence-electron chi connectivity index (χ3n) is 7.47. The van der Waals surface area contributed by atoms with Gasteiger partial charge in [-0.3, -0.25) is 9.59 Å². The predicted molar refractivity (Wildman–Crippen MR) is 98.0 cm³/mol. The summed E-state index contributed by atoms with van der Waals surface area (Å²) in [6.07, 6.45) is 9.70. The van der Waals surface area contributed by atoms with Crippen molar-refractivity contribution in [1.82, 2.24) is 4.90 Å². The highest BCUT2D eigenvalue weighted by Gasteiger charge is 2.47. The smallest absolute Gasteiger partial charge is 0.309 e. The van der Waals surface area contributed by atoms with Crippen LogP contribution in [0, 0.1) is 29.6 Å². The molecule has 2 heterocycles. The monoisotopic (exact) mass is 353 g/mol. The number of allylic oxidation sites excluding steroid dienone is 4. The first kappa shape index (κ1) is 16.3. The zero-order chi connectivity index (χ0) is 18.0. The van der Waals surface area contributed by atoms with Gasteiger partial charge in [-0.25, -0.2) is 0 Å². The number of hydrogen-bond donors (Lipinski definition) is 0. The molecule has 0 N–H and O–H groups in total. The minimum Gasteiger partial charge on any atom is -0.469 e. The van der Waals surface area contributed by atoms with Crippen LogP contribution < -0.4 is 0 Å². The van der Waals surface area contributed by atoms with E-state index in [1.54, 1.807) is 5.57 Å². The first-order valence-electron chi connectivity index (χ1n) is 10.1. The molecule has 0 aromatic heterocycles.